The monoisotopic (exact) mass is 483 g/mol. The lowest BCUT2D eigenvalue weighted by molar-refractivity contribution is -0.218. The van der Waals surface area contributed by atoms with Crippen LogP contribution in [0.15, 0.2) is 12.7 Å². The molecular formula is C26H49NO5Si. The van der Waals surface area contributed by atoms with Crippen LogP contribution in [0.25, 0.3) is 0 Å². The van der Waals surface area contributed by atoms with Gasteiger partial charge >= 0.3 is 6.09 Å². The molecule has 1 N–H and O–H groups in total. The zero-order chi connectivity index (χ0) is 25.4. The van der Waals surface area contributed by atoms with E-state index in [9.17, 15) is 9.90 Å². The Morgan fingerprint density at radius 3 is 2.15 bits per heavy atom. The lowest BCUT2D eigenvalue weighted by Gasteiger charge is -2.60. The molecule has 6 nitrogen and oxygen atoms in total. The zero-order valence-corrected chi connectivity index (χ0v) is 23.7. The van der Waals surface area contributed by atoms with E-state index >= 15 is 0 Å². The first-order valence-corrected chi connectivity index (χ1v) is 14.8. The van der Waals surface area contributed by atoms with E-state index < -0.39 is 37.9 Å². The number of amides is 1. The Balaban J connectivity index is 2.46. The van der Waals surface area contributed by atoms with Crippen molar-refractivity contribution in [1.29, 1.82) is 0 Å². The molecule has 1 aliphatic carbocycles. The Bertz CT molecular complexity index is 667. The fraction of sp³-hybridized carbons (Fsp3) is 0.885. The van der Waals surface area contributed by atoms with E-state index in [1.165, 1.54) is 0 Å². The number of nitrogens with zero attached hydrogens (tertiary/aromatic N) is 1. The molecule has 1 aliphatic heterocycles. The molecule has 0 aromatic rings. The lowest BCUT2D eigenvalue weighted by Crippen LogP contribution is -2.71. The molecule has 2 rings (SSSR count). The molecule has 0 aromatic heterocycles. The summed E-state index contributed by atoms with van der Waals surface area (Å²) in [5, 5.41) is 11.5. The van der Waals surface area contributed by atoms with Crippen LogP contribution in [0.3, 0.4) is 0 Å². The van der Waals surface area contributed by atoms with E-state index in [4.69, 9.17) is 13.9 Å². The minimum Gasteiger partial charge on any atom is -0.444 e. The maximum atomic E-state index is 13.3. The molecule has 1 saturated heterocycles. The summed E-state index contributed by atoms with van der Waals surface area (Å²) in [5.74, 6) is -0.106. The molecule has 1 unspecified atom stereocenters. The number of hydrogen-bond donors (Lipinski definition) is 1. The summed E-state index contributed by atoms with van der Waals surface area (Å²) >= 11 is 0. The van der Waals surface area contributed by atoms with Gasteiger partial charge in [-0.3, -0.25) is 4.90 Å². The number of likely N-dealkylation sites (tertiary alicyclic amines) is 1. The summed E-state index contributed by atoms with van der Waals surface area (Å²) in [6, 6.07) is 0. The molecule has 0 spiro atoms. The van der Waals surface area contributed by atoms with Crippen LogP contribution in [-0.2, 0) is 13.9 Å². The van der Waals surface area contributed by atoms with Gasteiger partial charge in [0.25, 0.3) is 0 Å². The van der Waals surface area contributed by atoms with Gasteiger partial charge in [-0.2, -0.15) is 0 Å². The third-order valence-corrected chi connectivity index (χ3v) is 14.0. The van der Waals surface area contributed by atoms with Crippen LogP contribution >= 0.6 is 0 Å². The lowest BCUT2D eigenvalue weighted by atomic mass is 9.66. The Hall–Kier alpha value is -0.893. The SMILES string of the molecule is C=CC[C@]12CC[C@@H](O[Si](C(C)C)(C(C)C)C(C)C)[C@H](C1)[C@H](O)C(OC)N2C(=O)OC(C)(C)C. The van der Waals surface area contributed by atoms with Gasteiger partial charge in [-0.05, 0) is 63.1 Å². The van der Waals surface area contributed by atoms with E-state index in [2.05, 4.69) is 48.1 Å². The largest absolute Gasteiger partial charge is 0.444 e. The van der Waals surface area contributed by atoms with Crippen LogP contribution in [0, 0.1) is 5.92 Å². The minimum absolute atomic E-state index is 0.0461. The van der Waals surface area contributed by atoms with E-state index in [-0.39, 0.29) is 12.0 Å². The maximum absolute atomic E-state index is 13.3. The molecule has 192 valence electrons. The summed E-state index contributed by atoms with van der Waals surface area (Å²) in [6.45, 7) is 23.3. The number of piperidine rings is 1. The normalized spacial score (nSPS) is 30.8. The molecule has 0 radical (unpaired) electrons. The van der Waals surface area contributed by atoms with Crippen molar-refractivity contribution in [3.05, 3.63) is 12.7 Å². The van der Waals surface area contributed by atoms with Crippen molar-refractivity contribution < 1.29 is 23.8 Å². The van der Waals surface area contributed by atoms with Gasteiger partial charge in [-0.15, -0.1) is 6.58 Å². The van der Waals surface area contributed by atoms with Crippen molar-refractivity contribution in [2.75, 3.05) is 7.11 Å². The number of ether oxygens (including phenoxy) is 2. The van der Waals surface area contributed by atoms with Gasteiger partial charge in [0.15, 0.2) is 6.23 Å². The summed E-state index contributed by atoms with van der Waals surface area (Å²) in [5.41, 5.74) is 0.273. The van der Waals surface area contributed by atoms with Crippen molar-refractivity contribution >= 4 is 14.4 Å². The van der Waals surface area contributed by atoms with Crippen LogP contribution in [0.1, 0.15) is 88.0 Å². The predicted molar refractivity (Wildman–Crippen MR) is 136 cm³/mol. The van der Waals surface area contributed by atoms with Gasteiger partial charge < -0.3 is 19.0 Å². The molecular weight excluding hydrogens is 434 g/mol. The Kier molecular flexibility index (Phi) is 8.92. The molecule has 1 heterocycles. The topological polar surface area (TPSA) is 68.2 Å². The molecule has 2 bridgehead atoms. The number of fused-ring (bicyclic) bond motifs is 2. The molecule has 1 saturated carbocycles. The third-order valence-electron chi connectivity index (χ3n) is 7.90. The first-order chi connectivity index (χ1) is 15.2. The van der Waals surface area contributed by atoms with Crippen LogP contribution < -0.4 is 0 Å². The highest BCUT2D eigenvalue weighted by Crippen LogP contribution is 2.52. The molecule has 2 aliphatic rings. The second-order valence-electron chi connectivity index (χ2n) is 12.1. The van der Waals surface area contributed by atoms with Crippen molar-refractivity contribution in [1.82, 2.24) is 4.90 Å². The van der Waals surface area contributed by atoms with E-state index in [0.717, 1.165) is 12.8 Å². The molecule has 5 atom stereocenters. The Morgan fingerprint density at radius 2 is 1.73 bits per heavy atom. The van der Waals surface area contributed by atoms with Crippen LogP contribution in [0.2, 0.25) is 16.6 Å². The summed E-state index contributed by atoms with van der Waals surface area (Å²) in [6.07, 6.45) is 2.61. The Morgan fingerprint density at radius 1 is 1.18 bits per heavy atom. The van der Waals surface area contributed by atoms with Gasteiger partial charge in [0.2, 0.25) is 8.32 Å². The first-order valence-electron chi connectivity index (χ1n) is 12.7. The van der Waals surface area contributed by atoms with Gasteiger partial charge in [0.05, 0.1) is 11.6 Å². The van der Waals surface area contributed by atoms with Gasteiger partial charge in [-0.1, -0.05) is 47.6 Å². The number of aliphatic hydroxyl groups is 1. The number of hydrogen-bond acceptors (Lipinski definition) is 5. The van der Waals surface area contributed by atoms with Gasteiger partial charge in [0, 0.05) is 13.0 Å². The van der Waals surface area contributed by atoms with Crippen LogP contribution in [0.5, 0.6) is 0 Å². The average Bonchev–Trinajstić information content (AvgIpc) is 2.67. The van der Waals surface area contributed by atoms with Crippen LogP contribution in [-0.4, -0.2) is 61.1 Å². The fourth-order valence-corrected chi connectivity index (χ4v) is 12.3. The number of aliphatic hydroxyl groups excluding tert-OH is 1. The number of rotatable bonds is 8. The van der Waals surface area contributed by atoms with Crippen molar-refractivity contribution in [2.45, 2.75) is 134 Å². The quantitative estimate of drug-likeness (QED) is 0.327. The molecule has 1 amide bonds. The number of methoxy groups -OCH3 is 1. The van der Waals surface area contributed by atoms with Crippen molar-refractivity contribution in [3.63, 3.8) is 0 Å². The Labute approximate surface area is 203 Å². The summed E-state index contributed by atoms with van der Waals surface area (Å²) in [4.78, 5) is 15.0. The molecule has 2 fully saturated rings. The minimum atomic E-state index is -2.12. The van der Waals surface area contributed by atoms with E-state index in [1.54, 1.807) is 12.0 Å². The summed E-state index contributed by atoms with van der Waals surface area (Å²) < 4.78 is 18.7. The smallest absolute Gasteiger partial charge is 0.412 e. The second-order valence-corrected chi connectivity index (χ2v) is 17.5. The highest BCUT2D eigenvalue weighted by atomic mass is 28.4. The highest BCUT2D eigenvalue weighted by molar-refractivity contribution is 6.77. The predicted octanol–water partition coefficient (Wildman–Crippen LogP) is 6.25. The van der Waals surface area contributed by atoms with Crippen molar-refractivity contribution in [3.8, 4) is 0 Å². The standard InChI is InChI=1S/C26H49NO5Si/c1-12-14-26-15-13-21(32-33(17(2)3,18(4)5)19(6)7)20(16-26)22(28)23(30-11)27(26)24(29)31-25(8,9)10/h12,17-23,28H,1,13-16H2,2-11H3/t20-,21+,22-,23?,26-/m0/s1. The van der Waals surface area contributed by atoms with E-state index in [0.29, 0.717) is 29.5 Å². The van der Waals surface area contributed by atoms with Gasteiger partial charge in [0.1, 0.15) is 11.7 Å². The van der Waals surface area contributed by atoms with Gasteiger partial charge in [-0.25, -0.2) is 4.79 Å². The molecule has 33 heavy (non-hydrogen) atoms. The first kappa shape index (κ1) is 28.3. The highest BCUT2D eigenvalue weighted by Gasteiger charge is 2.60. The zero-order valence-electron chi connectivity index (χ0n) is 22.7. The summed E-state index contributed by atoms with van der Waals surface area (Å²) in [7, 11) is -0.569. The maximum Gasteiger partial charge on any atom is 0.412 e. The second kappa shape index (κ2) is 10.4. The third kappa shape index (κ3) is 5.36. The van der Waals surface area contributed by atoms with Crippen molar-refractivity contribution in [2.24, 2.45) is 5.92 Å². The average molecular weight is 484 g/mol. The number of carbonyl (C=O) groups excluding carboxylic acids is 1. The van der Waals surface area contributed by atoms with Crippen LogP contribution in [0.4, 0.5) is 4.79 Å². The molecule has 0 aromatic carbocycles. The van der Waals surface area contributed by atoms with E-state index in [1.807, 2.05) is 26.8 Å². The fourth-order valence-electron chi connectivity index (χ4n) is 6.71. The number of carbonyl (C=O) groups is 1. The molecule has 7 heteroatoms.